The van der Waals surface area contributed by atoms with Gasteiger partial charge in [-0.05, 0) is 11.3 Å². The van der Waals surface area contributed by atoms with Gasteiger partial charge in [0.25, 0.3) is 0 Å². The molecule has 14 heavy (non-hydrogen) atoms. The summed E-state index contributed by atoms with van der Waals surface area (Å²) in [4.78, 5) is 22.3. The molecule has 1 atom stereocenters. The topological polar surface area (TPSA) is 43.4 Å². The van der Waals surface area contributed by atoms with Crippen molar-refractivity contribution in [2.75, 3.05) is 0 Å². The van der Waals surface area contributed by atoms with Crippen molar-refractivity contribution in [2.45, 2.75) is 27.7 Å². The zero-order valence-corrected chi connectivity index (χ0v) is 9.44. The SMILES string of the molecule is CC(C1=C(Cl)C(=O)OC1=O)C(C)(C)C. The number of carbonyl (C=O) groups excluding carboxylic acids is 2. The Morgan fingerprint density at radius 3 is 2.00 bits per heavy atom. The highest BCUT2D eigenvalue weighted by Gasteiger charge is 2.39. The third kappa shape index (κ3) is 1.82. The monoisotopic (exact) mass is 216 g/mol. The van der Waals surface area contributed by atoms with Crippen LogP contribution in [-0.4, -0.2) is 11.9 Å². The number of halogens is 1. The van der Waals surface area contributed by atoms with Gasteiger partial charge >= 0.3 is 11.9 Å². The minimum absolute atomic E-state index is 0.0718. The van der Waals surface area contributed by atoms with E-state index in [2.05, 4.69) is 4.74 Å². The fourth-order valence-corrected chi connectivity index (χ4v) is 1.46. The lowest BCUT2D eigenvalue weighted by Crippen LogP contribution is -2.22. The van der Waals surface area contributed by atoms with Crippen LogP contribution in [0.5, 0.6) is 0 Å². The second-order valence-electron chi connectivity index (χ2n) is 4.49. The van der Waals surface area contributed by atoms with Crippen molar-refractivity contribution in [3.63, 3.8) is 0 Å². The summed E-state index contributed by atoms with van der Waals surface area (Å²) in [5.74, 6) is -1.45. The lowest BCUT2D eigenvalue weighted by molar-refractivity contribution is -0.151. The molecule has 1 aliphatic rings. The predicted octanol–water partition coefficient (Wildman–Crippen LogP) is 2.24. The molecule has 0 saturated carbocycles. The molecule has 0 aliphatic carbocycles. The van der Waals surface area contributed by atoms with Crippen molar-refractivity contribution in [1.29, 1.82) is 0 Å². The van der Waals surface area contributed by atoms with E-state index in [9.17, 15) is 9.59 Å². The molecular weight excluding hydrogens is 204 g/mol. The maximum absolute atomic E-state index is 11.3. The van der Waals surface area contributed by atoms with Gasteiger partial charge in [-0.25, -0.2) is 9.59 Å². The Hall–Kier alpha value is -0.830. The lowest BCUT2D eigenvalue weighted by Gasteiger charge is -2.26. The summed E-state index contributed by atoms with van der Waals surface area (Å²) in [5.41, 5.74) is 0.170. The quantitative estimate of drug-likeness (QED) is 0.499. The maximum atomic E-state index is 11.3. The third-order valence-electron chi connectivity index (χ3n) is 2.55. The molecule has 0 fully saturated rings. The smallest absolute Gasteiger partial charge is 0.358 e. The van der Waals surface area contributed by atoms with Gasteiger partial charge in [0.15, 0.2) is 0 Å². The minimum atomic E-state index is -0.734. The zero-order valence-electron chi connectivity index (χ0n) is 8.68. The van der Waals surface area contributed by atoms with Crippen LogP contribution >= 0.6 is 11.6 Å². The van der Waals surface area contributed by atoms with Gasteiger partial charge in [-0.2, -0.15) is 0 Å². The van der Waals surface area contributed by atoms with Crippen molar-refractivity contribution in [1.82, 2.24) is 0 Å². The molecule has 3 nitrogen and oxygen atoms in total. The second kappa shape index (κ2) is 3.39. The zero-order chi connectivity index (χ0) is 11.1. The molecule has 0 radical (unpaired) electrons. The first-order valence-corrected chi connectivity index (χ1v) is 4.79. The van der Waals surface area contributed by atoms with Crippen molar-refractivity contribution in [3.05, 3.63) is 10.6 Å². The highest BCUT2D eigenvalue weighted by molar-refractivity contribution is 6.45. The van der Waals surface area contributed by atoms with E-state index < -0.39 is 11.9 Å². The van der Waals surface area contributed by atoms with Crippen LogP contribution in [0.25, 0.3) is 0 Å². The normalized spacial score (nSPS) is 20.1. The second-order valence-corrected chi connectivity index (χ2v) is 4.87. The van der Waals surface area contributed by atoms with E-state index >= 15 is 0 Å². The minimum Gasteiger partial charge on any atom is -0.385 e. The van der Waals surface area contributed by atoms with Crippen LogP contribution in [0.15, 0.2) is 10.6 Å². The van der Waals surface area contributed by atoms with Gasteiger partial charge < -0.3 is 4.74 Å². The van der Waals surface area contributed by atoms with Gasteiger partial charge in [0.2, 0.25) is 0 Å². The molecule has 0 amide bonds. The summed E-state index contributed by atoms with van der Waals surface area (Å²) < 4.78 is 4.42. The lowest BCUT2D eigenvalue weighted by atomic mass is 9.77. The third-order valence-corrected chi connectivity index (χ3v) is 2.91. The molecule has 0 aromatic rings. The molecule has 0 N–H and O–H groups in total. The highest BCUT2D eigenvalue weighted by atomic mass is 35.5. The molecule has 0 bridgehead atoms. The van der Waals surface area contributed by atoms with E-state index in [0.717, 1.165) is 0 Å². The van der Waals surface area contributed by atoms with Crippen LogP contribution in [-0.2, 0) is 14.3 Å². The average molecular weight is 217 g/mol. The van der Waals surface area contributed by atoms with Crippen molar-refractivity contribution < 1.29 is 14.3 Å². The van der Waals surface area contributed by atoms with E-state index in [1.54, 1.807) is 0 Å². The standard InChI is InChI=1S/C10H13ClO3/c1-5(10(2,3)4)6-7(11)9(13)14-8(6)12/h5H,1-4H3. The van der Waals surface area contributed by atoms with Crippen LogP contribution in [0.1, 0.15) is 27.7 Å². The van der Waals surface area contributed by atoms with Gasteiger partial charge in [0.05, 0.1) is 5.57 Å². The molecule has 1 aliphatic heterocycles. The van der Waals surface area contributed by atoms with Crippen LogP contribution < -0.4 is 0 Å². The number of cyclic esters (lactones) is 2. The number of hydrogen-bond acceptors (Lipinski definition) is 3. The summed E-state index contributed by atoms with van der Waals surface area (Å²) in [7, 11) is 0. The van der Waals surface area contributed by atoms with Crippen LogP contribution in [0.3, 0.4) is 0 Å². The van der Waals surface area contributed by atoms with Crippen molar-refractivity contribution in [2.24, 2.45) is 11.3 Å². The Bertz CT molecular complexity index is 323. The fourth-order valence-electron chi connectivity index (χ4n) is 1.18. The molecule has 0 aromatic heterocycles. The predicted molar refractivity (Wildman–Crippen MR) is 52.6 cm³/mol. The number of esters is 2. The Morgan fingerprint density at radius 2 is 1.71 bits per heavy atom. The first-order chi connectivity index (χ1) is 6.25. The molecular formula is C10H13ClO3. The first kappa shape index (κ1) is 11.2. The van der Waals surface area contributed by atoms with Crippen molar-refractivity contribution in [3.8, 4) is 0 Å². The van der Waals surface area contributed by atoms with Gasteiger partial charge in [0, 0.05) is 0 Å². The van der Waals surface area contributed by atoms with Crippen molar-refractivity contribution >= 4 is 23.5 Å². The van der Waals surface area contributed by atoms with E-state index in [1.807, 2.05) is 27.7 Å². The summed E-state index contributed by atoms with van der Waals surface area (Å²) in [6.07, 6.45) is 0. The number of ether oxygens (including phenoxy) is 1. The van der Waals surface area contributed by atoms with Crippen LogP contribution in [0, 0.1) is 11.3 Å². The molecule has 0 aromatic carbocycles. The average Bonchev–Trinajstić information content (AvgIpc) is 2.24. The fraction of sp³-hybridized carbons (Fsp3) is 0.600. The summed E-state index contributed by atoms with van der Waals surface area (Å²) in [6.45, 7) is 7.79. The molecule has 0 spiro atoms. The van der Waals surface area contributed by atoms with E-state index in [0.29, 0.717) is 5.57 Å². The first-order valence-electron chi connectivity index (χ1n) is 4.41. The summed E-state index contributed by atoms with van der Waals surface area (Å²) in [5, 5.41) is -0.0718. The van der Waals surface area contributed by atoms with Gasteiger partial charge in [-0.15, -0.1) is 0 Å². The molecule has 4 heteroatoms. The number of rotatable bonds is 1. The number of hydrogen-bond donors (Lipinski definition) is 0. The van der Waals surface area contributed by atoms with Crippen LogP contribution in [0.4, 0.5) is 0 Å². The van der Waals surface area contributed by atoms with Gasteiger partial charge in [0.1, 0.15) is 5.03 Å². The van der Waals surface area contributed by atoms with E-state index in [-0.39, 0.29) is 16.4 Å². The maximum Gasteiger partial charge on any atom is 0.358 e. The summed E-state index contributed by atoms with van der Waals surface area (Å²) >= 11 is 5.71. The van der Waals surface area contributed by atoms with E-state index in [1.165, 1.54) is 0 Å². The molecule has 0 saturated heterocycles. The van der Waals surface area contributed by atoms with Crippen LogP contribution in [0.2, 0.25) is 0 Å². The Kier molecular flexibility index (Phi) is 2.72. The molecule has 78 valence electrons. The Morgan fingerprint density at radius 1 is 1.21 bits per heavy atom. The van der Waals surface area contributed by atoms with Gasteiger partial charge in [-0.1, -0.05) is 39.3 Å². The summed E-state index contributed by atoms with van der Waals surface area (Å²) in [6, 6.07) is 0. The highest BCUT2D eigenvalue weighted by Crippen LogP contribution is 2.37. The number of carbonyl (C=O) groups is 2. The molecule has 1 unspecified atom stereocenters. The molecule has 1 heterocycles. The van der Waals surface area contributed by atoms with E-state index in [4.69, 9.17) is 11.6 Å². The Labute approximate surface area is 88.1 Å². The molecule has 1 rings (SSSR count). The Balaban J connectivity index is 3.09. The largest absolute Gasteiger partial charge is 0.385 e. The van der Waals surface area contributed by atoms with Gasteiger partial charge in [-0.3, -0.25) is 0 Å².